The Bertz CT molecular complexity index is 1300. The minimum absolute atomic E-state index is 0.0659. The third kappa shape index (κ3) is 5.53. The van der Waals surface area contributed by atoms with E-state index in [1.165, 1.54) is 6.42 Å². The maximum absolute atomic E-state index is 13.2. The van der Waals surface area contributed by atoms with E-state index >= 15 is 0 Å². The molecule has 9 nitrogen and oxygen atoms in total. The number of benzene rings is 1. The number of nitrogens with zero attached hydrogens (tertiary/aromatic N) is 3. The molecule has 3 saturated heterocycles. The van der Waals surface area contributed by atoms with Crippen LogP contribution in [0.3, 0.4) is 0 Å². The standard InChI is InChI=1S/C32H40F2N4O5/c33-32(34)14-21(15-32)30(41)36-11-9-19(10-12-36)22-16-37(17-22)25-3-1-2-4-27(25)43-23-5-6-24-20(13-23)18-38(31(24)42)26-7-8-28(39)35-29(26)40/h5-6,13,19,21-22,25-27H,1-4,7-12,14-18H2,(H,35,39,40)/t25-,26?,27+/m0/s1. The Morgan fingerprint density at radius 1 is 0.953 bits per heavy atom. The van der Waals surface area contributed by atoms with Crippen molar-refractivity contribution in [1.82, 2.24) is 20.0 Å². The van der Waals surface area contributed by atoms with E-state index in [0.29, 0.717) is 49.5 Å². The van der Waals surface area contributed by atoms with Crippen LogP contribution in [0.2, 0.25) is 0 Å². The fraction of sp³-hybridized carbons (Fsp3) is 0.688. The average molecular weight is 599 g/mol. The number of fused-ring (bicyclic) bond motifs is 1. The fourth-order valence-corrected chi connectivity index (χ4v) is 8.23. The molecule has 43 heavy (non-hydrogen) atoms. The zero-order valence-electron chi connectivity index (χ0n) is 24.4. The summed E-state index contributed by atoms with van der Waals surface area (Å²) >= 11 is 0. The van der Waals surface area contributed by atoms with Gasteiger partial charge in [-0.15, -0.1) is 0 Å². The van der Waals surface area contributed by atoms with Gasteiger partial charge in [0.25, 0.3) is 5.91 Å². The number of likely N-dealkylation sites (tertiary alicyclic amines) is 2. The Kier molecular flexibility index (Phi) is 7.42. The van der Waals surface area contributed by atoms with Gasteiger partial charge in [0.05, 0.1) is 0 Å². The van der Waals surface area contributed by atoms with Gasteiger partial charge in [-0.2, -0.15) is 0 Å². The molecular weight excluding hydrogens is 558 g/mol. The smallest absolute Gasteiger partial charge is 0.255 e. The summed E-state index contributed by atoms with van der Waals surface area (Å²) < 4.78 is 33.0. The minimum Gasteiger partial charge on any atom is -0.489 e. The zero-order valence-corrected chi connectivity index (χ0v) is 24.4. The zero-order chi connectivity index (χ0) is 29.9. The van der Waals surface area contributed by atoms with E-state index in [0.717, 1.165) is 56.5 Å². The maximum atomic E-state index is 13.2. The predicted molar refractivity (Wildman–Crippen MR) is 151 cm³/mol. The minimum atomic E-state index is -2.66. The van der Waals surface area contributed by atoms with E-state index in [1.807, 2.05) is 17.0 Å². The molecule has 4 aliphatic heterocycles. The number of imide groups is 1. The summed E-state index contributed by atoms with van der Waals surface area (Å²) in [5, 5.41) is 2.35. The summed E-state index contributed by atoms with van der Waals surface area (Å²) in [7, 11) is 0. The highest BCUT2D eigenvalue weighted by atomic mass is 19.3. The first-order chi connectivity index (χ1) is 20.6. The van der Waals surface area contributed by atoms with Crippen LogP contribution in [0.15, 0.2) is 18.2 Å². The van der Waals surface area contributed by atoms with Crippen LogP contribution in [0.1, 0.15) is 80.1 Å². The molecule has 6 aliphatic rings. The SMILES string of the molecule is O=C1CCC(N2Cc3cc(O[C@@H]4CCCC[C@@H]4N4CC(C5CCN(C(=O)C6CC(F)(F)C6)CC5)C4)ccc3C2=O)C(=O)N1. The van der Waals surface area contributed by atoms with Crippen LogP contribution < -0.4 is 10.1 Å². The van der Waals surface area contributed by atoms with Crippen molar-refractivity contribution in [3.8, 4) is 5.75 Å². The quantitative estimate of drug-likeness (QED) is 0.505. The van der Waals surface area contributed by atoms with Crippen molar-refractivity contribution in [2.24, 2.45) is 17.8 Å². The third-order valence-corrected chi connectivity index (χ3v) is 10.8. The number of piperidine rings is 2. The van der Waals surface area contributed by atoms with Crippen LogP contribution in [0, 0.1) is 17.8 Å². The van der Waals surface area contributed by atoms with Crippen LogP contribution in [0.4, 0.5) is 8.78 Å². The second kappa shape index (κ2) is 11.1. The number of hydrogen-bond donors (Lipinski definition) is 1. The molecule has 4 amide bonds. The van der Waals surface area contributed by atoms with E-state index < -0.39 is 23.8 Å². The molecule has 11 heteroatoms. The number of ether oxygens (including phenoxy) is 1. The molecule has 1 unspecified atom stereocenters. The van der Waals surface area contributed by atoms with Crippen LogP contribution in [-0.2, 0) is 20.9 Å². The molecule has 2 saturated carbocycles. The normalized spacial score (nSPS) is 30.5. The molecule has 1 N–H and O–H groups in total. The van der Waals surface area contributed by atoms with Crippen molar-refractivity contribution in [3.63, 3.8) is 0 Å². The first-order valence-corrected chi connectivity index (χ1v) is 16.0. The number of rotatable bonds is 6. The largest absolute Gasteiger partial charge is 0.489 e. The van der Waals surface area contributed by atoms with Gasteiger partial charge in [0.2, 0.25) is 23.6 Å². The van der Waals surface area contributed by atoms with Gasteiger partial charge in [-0.25, -0.2) is 8.78 Å². The van der Waals surface area contributed by atoms with Crippen molar-refractivity contribution in [2.75, 3.05) is 26.2 Å². The summed E-state index contributed by atoms with van der Waals surface area (Å²) in [5.74, 6) is -2.23. The first kappa shape index (κ1) is 28.7. The van der Waals surface area contributed by atoms with Crippen LogP contribution in [-0.4, -0.2) is 88.6 Å². The van der Waals surface area contributed by atoms with Gasteiger partial charge >= 0.3 is 0 Å². The molecule has 7 rings (SSSR count). The lowest BCUT2D eigenvalue weighted by Gasteiger charge is -2.52. The topological polar surface area (TPSA) is 99.3 Å². The lowest BCUT2D eigenvalue weighted by Crippen LogP contribution is -2.60. The number of halogens is 2. The molecule has 0 aromatic heterocycles. The Morgan fingerprint density at radius 2 is 1.70 bits per heavy atom. The molecule has 0 radical (unpaired) electrons. The van der Waals surface area contributed by atoms with Gasteiger partial charge in [0.1, 0.15) is 17.9 Å². The molecule has 3 atom stereocenters. The van der Waals surface area contributed by atoms with Crippen molar-refractivity contribution >= 4 is 23.6 Å². The van der Waals surface area contributed by atoms with Crippen molar-refractivity contribution < 1.29 is 32.7 Å². The summed E-state index contributed by atoms with van der Waals surface area (Å²) in [6.45, 7) is 3.74. The number of alkyl halides is 2. The summed E-state index contributed by atoms with van der Waals surface area (Å²) in [6, 6.07) is 5.29. The second-order valence-corrected chi connectivity index (χ2v) is 13.6. The molecule has 1 aromatic rings. The Balaban J connectivity index is 0.917. The number of carbonyl (C=O) groups is 4. The molecule has 2 aliphatic carbocycles. The van der Waals surface area contributed by atoms with Crippen molar-refractivity contribution in [3.05, 3.63) is 29.3 Å². The van der Waals surface area contributed by atoms with E-state index in [1.54, 1.807) is 11.0 Å². The monoisotopic (exact) mass is 598 g/mol. The highest BCUT2D eigenvalue weighted by Crippen LogP contribution is 2.44. The van der Waals surface area contributed by atoms with Gasteiger partial charge in [0.15, 0.2) is 0 Å². The molecule has 0 spiro atoms. The highest BCUT2D eigenvalue weighted by molar-refractivity contribution is 6.05. The first-order valence-electron chi connectivity index (χ1n) is 16.0. The molecule has 232 valence electrons. The third-order valence-electron chi connectivity index (χ3n) is 10.8. The van der Waals surface area contributed by atoms with Crippen molar-refractivity contribution in [1.29, 1.82) is 0 Å². The van der Waals surface area contributed by atoms with E-state index in [2.05, 4.69) is 10.2 Å². The van der Waals surface area contributed by atoms with Gasteiger partial charge in [0, 0.05) is 69.5 Å². The van der Waals surface area contributed by atoms with Crippen LogP contribution >= 0.6 is 0 Å². The number of carbonyl (C=O) groups excluding carboxylic acids is 4. The Hall–Kier alpha value is -3.08. The van der Waals surface area contributed by atoms with Crippen LogP contribution in [0.25, 0.3) is 0 Å². The number of amides is 4. The van der Waals surface area contributed by atoms with Crippen LogP contribution in [0.5, 0.6) is 5.75 Å². The highest BCUT2D eigenvalue weighted by Gasteiger charge is 2.50. The van der Waals surface area contributed by atoms with Gasteiger partial charge in [-0.1, -0.05) is 6.42 Å². The summed E-state index contributed by atoms with van der Waals surface area (Å²) in [4.78, 5) is 55.5. The second-order valence-electron chi connectivity index (χ2n) is 13.6. The fourth-order valence-electron chi connectivity index (χ4n) is 8.23. The van der Waals surface area contributed by atoms with Gasteiger partial charge in [-0.05, 0) is 74.1 Å². The Morgan fingerprint density at radius 3 is 2.42 bits per heavy atom. The lowest BCUT2D eigenvalue weighted by atomic mass is 9.76. The summed E-state index contributed by atoms with van der Waals surface area (Å²) in [5.41, 5.74) is 1.43. The van der Waals surface area contributed by atoms with E-state index in [9.17, 15) is 28.0 Å². The molecule has 0 bridgehead atoms. The summed E-state index contributed by atoms with van der Waals surface area (Å²) in [6.07, 6.45) is 6.29. The van der Waals surface area contributed by atoms with Gasteiger partial charge < -0.3 is 14.5 Å². The van der Waals surface area contributed by atoms with Crippen molar-refractivity contribution in [2.45, 2.75) is 94.9 Å². The lowest BCUT2D eigenvalue weighted by molar-refractivity contribution is -0.161. The predicted octanol–water partition coefficient (Wildman–Crippen LogP) is 3.35. The van der Waals surface area contributed by atoms with E-state index in [4.69, 9.17) is 4.74 Å². The molecular formula is C32H40F2N4O5. The number of nitrogens with one attached hydrogen (secondary N) is 1. The maximum Gasteiger partial charge on any atom is 0.255 e. The van der Waals surface area contributed by atoms with Gasteiger partial charge in [-0.3, -0.25) is 29.4 Å². The average Bonchev–Trinajstić information content (AvgIpc) is 3.27. The molecule has 4 heterocycles. The molecule has 5 fully saturated rings. The Labute approximate surface area is 250 Å². The molecule has 1 aromatic carbocycles. The van der Waals surface area contributed by atoms with E-state index in [-0.39, 0.29) is 43.1 Å². The number of hydrogen-bond acceptors (Lipinski definition) is 6.